The lowest BCUT2D eigenvalue weighted by Crippen LogP contribution is -2.31. The van der Waals surface area contributed by atoms with E-state index >= 15 is 0 Å². The zero-order chi connectivity index (χ0) is 17.1. The number of carbonyl (C=O) groups excluding carboxylic acids is 1. The van der Waals surface area contributed by atoms with E-state index in [1.807, 2.05) is 56.3 Å². The second kappa shape index (κ2) is 6.74. The highest BCUT2D eigenvalue weighted by molar-refractivity contribution is 6.05. The quantitative estimate of drug-likeness (QED) is 0.903. The summed E-state index contributed by atoms with van der Waals surface area (Å²) in [5, 5.41) is 7.55. The van der Waals surface area contributed by atoms with E-state index in [9.17, 15) is 4.79 Å². The predicted octanol–water partition coefficient (Wildman–Crippen LogP) is 3.61. The second-order valence-electron chi connectivity index (χ2n) is 6.02. The van der Waals surface area contributed by atoms with Gasteiger partial charge >= 0.3 is 0 Å². The molecule has 5 nitrogen and oxygen atoms in total. The molecule has 1 aliphatic rings. The molecule has 0 saturated heterocycles. The van der Waals surface area contributed by atoms with E-state index in [1.165, 1.54) is 0 Å². The van der Waals surface area contributed by atoms with Gasteiger partial charge in [-0.25, -0.2) is 5.43 Å². The molecule has 124 valence electrons. The lowest BCUT2D eigenvalue weighted by molar-refractivity contribution is -0.121. The van der Waals surface area contributed by atoms with Crippen LogP contribution in [0.1, 0.15) is 24.5 Å². The summed E-state index contributed by atoms with van der Waals surface area (Å²) in [6, 6.07) is 14.1. The summed E-state index contributed by atoms with van der Waals surface area (Å²) >= 11 is 0. The van der Waals surface area contributed by atoms with Crippen LogP contribution in [0.4, 0.5) is 11.4 Å². The number of aryl methyl sites for hydroxylation is 1. The third kappa shape index (κ3) is 3.40. The smallest absolute Gasteiger partial charge is 0.240 e. The van der Waals surface area contributed by atoms with Gasteiger partial charge in [0.15, 0.2) is 0 Å². The largest absolute Gasteiger partial charge is 0.496 e. The highest BCUT2D eigenvalue weighted by Crippen LogP contribution is 2.25. The second-order valence-corrected chi connectivity index (χ2v) is 6.02. The Kier molecular flexibility index (Phi) is 4.51. The molecule has 2 N–H and O–H groups in total. The van der Waals surface area contributed by atoms with Crippen LogP contribution in [0.2, 0.25) is 0 Å². The van der Waals surface area contributed by atoms with Gasteiger partial charge in [0.1, 0.15) is 5.75 Å². The molecule has 1 amide bonds. The van der Waals surface area contributed by atoms with Gasteiger partial charge in [0.2, 0.25) is 5.91 Å². The molecule has 1 atom stereocenters. The van der Waals surface area contributed by atoms with Crippen LogP contribution in [-0.4, -0.2) is 18.7 Å². The van der Waals surface area contributed by atoms with Gasteiger partial charge in [-0.2, -0.15) is 5.10 Å². The number of amides is 1. The van der Waals surface area contributed by atoms with Gasteiger partial charge in [-0.1, -0.05) is 25.1 Å². The van der Waals surface area contributed by atoms with Gasteiger partial charge in [-0.15, -0.1) is 0 Å². The van der Waals surface area contributed by atoms with Gasteiger partial charge < -0.3 is 10.1 Å². The lowest BCUT2D eigenvalue weighted by atomic mass is 9.94. The van der Waals surface area contributed by atoms with Crippen molar-refractivity contribution in [2.24, 2.45) is 11.0 Å². The minimum Gasteiger partial charge on any atom is -0.496 e. The maximum Gasteiger partial charge on any atom is 0.240 e. The van der Waals surface area contributed by atoms with Crippen LogP contribution in [0.5, 0.6) is 5.75 Å². The third-order valence-corrected chi connectivity index (χ3v) is 4.14. The first-order valence-electron chi connectivity index (χ1n) is 7.95. The van der Waals surface area contributed by atoms with Crippen LogP contribution in [0.3, 0.4) is 0 Å². The molecular formula is C19H21N3O2. The number of anilines is 2. The average Bonchev–Trinajstić information content (AvgIpc) is 2.57. The van der Waals surface area contributed by atoms with Crippen molar-refractivity contribution in [3.05, 3.63) is 53.6 Å². The van der Waals surface area contributed by atoms with Crippen LogP contribution in [0, 0.1) is 12.8 Å². The highest BCUT2D eigenvalue weighted by Gasteiger charge is 2.21. The number of nitrogens with one attached hydrogen (secondary N) is 2. The topological polar surface area (TPSA) is 62.7 Å². The van der Waals surface area contributed by atoms with E-state index in [4.69, 9.17) is 4.74 Å². The Morgan fingerprint density at radius 2 is 1.88 bits per heavy atom. The van der Waals surface area contributed by atoms with Crippen LogP contribution >= 0.6 is 0 Å². The monoisotopic (exact) mass is 323 g/mol. The molecule has 24 heavy (non-hydrogen) atoms. The molecular weight excluding hydrogens is 302 g/mol. The van der Waals surface area contributed by atoms with Crippen molar-refractivity contribution in [1.29, 1.82) is 0 Å². The average molecular weight is 323 g/mol. The van der Waals surface area contributed by atoms with Crippen molar-refractivity contribution in [2.45, 2.75) is 20.3 Å². The fourth-order valence-electron chi connectivity index (χ4n) is 2.79. The van der Waals surface area contributed by atoms with Crippen molar-refractivity contribution < 1.29 is 9.53 Å². The van der Waals surface area contributed by atoms with Gasteiger partial charge in [-0.05, 0) is 36.2 Å². The fraction of sp³-hybridized carbons (Fsp3) is 0.263. The first-order valence-corrected chi connectivity index (χ1v) is 7.95. The van der Waals surface area contributed by atoms with E-state index in [1.54, 1.807) is 7.11 Å². The van der Waals surface area contributed by atoms with Gasteiger partial charge in [-0.3, -0.25) is 4.79 Å². The van der Waals surface area contributed by atoms with Crippen molar-refractivity contribution >= 4 is 23.0 Å². The van der Waals surface area contributed by atoms with E-state index in [0.717, 1.165) is 34.0 Å². The summed E-state index contributed by atoms with van der Waals surface area (Å²) in [5.74, 6) is 0.953. The Labute approximate surface area is 141 Å². The zero-order valence-corrected chi connectivity index (χ0v) is 14.1. The normalized spacial score (nSPS) is 17.0. The first-order chi connectivity index (χ1) is 11.6. The van der Waals surface area contributed by atoms with Crippen molar-refractivity contribution in [3.8, 4) is 5.75 Å². The first kappa shape index (κ1) is 16.1. The molecule has 5 heteroatoms. The summed E-state index contributed by atoms with van der Waals surface area (Å²) in [6.45, 7) is 4.03. The summed E-state index contributed by atoms with van der Waals surface area (Å²) in [7, 11) is 1.67. The highest BCUT2D eigenvalue weighted by atomic mass is 16.5. The van der Waals surface area contributed by atoms with Crippen LogP contribution in [0.15, 0.2) is 47.6 Å². The number of hydrogen-bond donors (Lipinski definition) is 2. The van der Waals surface area contributed by atoms with Crippen molar-refractivity contribution in [3.63, 3.8) is 0 Å². The van der Waals surface area contributed by atoms with Gasteiger partial charge in [0, 0.05) is 29.8 Å². The molecule has 0 aromatic heterocycles. The van der Waals surface area contributed by atoms with Crippen LogP contribution in [-0.2, 0) is 4.79 Å². The van der Waals surface area contributed by atoms with Crippen molar-refractivity contribution in [1.82, 2.24) is 5.43 Å². The lowest BCUT2D eigenvalue weighted by Gasteiger charge is -2.19. The number of nitrogens with zero attached hydrogens (tertiary/aromatic N) is 1. The number of ether oxygens (including phenoxy) is 1. The number of rotatable bonds is 4. The molecule has 0 bridgehead atoms. The summed E-state index contributed by atoms with van der Waals surface area (Å²) in [6.07, 6.45) is 0.474. The molecule has 0 unspecified atom stereocenters. The summed E-state index contributed by atoms with van der Waals surface area (Å²) in [5.41, 5.74) is 7.55. The number of methoxy groups -OCH3 is 1. The van der Waals surface area contributed by atoms with E-state index in [0.29, 0.717) is 6.42 Å². The Bertz CT molecular complexity index is 782. The van der Waals surface area contributed by atoms with Crippen LogP contribution < -0.4 is 15.5 Å². The Morgan fingerprint density at radius 1 is 1.17 bits per heavy atom. The van der Waals surface area contributed by atoms with E-state index in [-0.39, 0.29) is 11.8 Å². The van der Waals surface area contributed by atoms with Crippen LogP contribution in [0.25, 0.3) is 0 Å². The molecule has 0 fully saturated rings. The molecule has 2 aromatic carbocycles. The van der Waals surface area contributed by atoms with Crippen molar-refractivity contribution in [2.75, 3.05) is 12.4 Å². The van der Waals surface area contributed by atoms with E-state index in [2.05, 4.69) is 15.8 Å². The molecule has 0 spiro atoms. The molecule has 1 heterocycles. The SMILES string of the molecule is COc1cc(Nc2ccc(C3=NNC(=O)C[C@H]3C)cc2)ccc1C. The number of hydrazone groups is 1. The molecule has 0 aliphatic carbocycles. The van der Waals surface area contributed by atoms with Gasteiger partial charge in [0.25, 0.3) is 0 Å². The van der Waals surface area contributed by atoms with E-state index < -0.39 is 0 Å². The Balaban J connectivity index is 1.76. The Hall–Kier alpha value is -2.82. The minimum atomic E-state index is -0.0298. The summed E-state index contributed by atoms with van der Waals surface area (Å²) in [4.78, 5) is 11.3. The minimum absolute atomic E-state index is 0.0298. The molecule has 0 saturated carbocycles. The summed E-state index contributed by atoms with van der Waals surface area (Å²) < 4.78 is 5.35. The third-order valence-electron chi connectivity index (χ3n) is 4.14. The Morgan fingerprint density at radius 3 is 2.54 bits per heavy atom. The zero-order valence-electron chi connectivity index (χ0n) is 14.1. The molecule has 0 radical (unpaired) electrons. The molecule has 2 aromatic rings. The maximum atomic E-state index is 11.3. The number of hydrogen-bond acceptors (Lipinski definition) is 4. The maximum absolute atomic E-state index is 11.3. The fourth-order valence-corrected chi connectivity index (χ4v) is 2.79. The molecule has 1 aliphatic heterocycles. The predicted molar refractivity (Wildman–Crippen MR) is 95.9 cm³/mol. The standard InChI is InChI=1S/C19H21N3O2/c1-12-4-7-16(11-17(12)24-3)20-15-8-5-14(6-9-15)19-13(2)10-18(23)21-22-19/h4-9,11,13,20H,10H2,1-3H3,(H,21,23)/t13-/m1/s1. The molecule has 3 rings (SSSR count). The number of benzene rings is 2. The van der Waals surface area contributed by atoms with Gasteiger partial charge in [0.05, 0.1) is 12.8 Å². The number of carbonyl (C=O) groups is 1.